The van der Waals surface area contributed by atoms with Crippen LogP contribution >= 0.6 is 11.3 Å². The van der Waals surface area contributed by atoms with E-state index >= 15 is 0 Å². The molecule has 130 valence electrons. The van der Waals surface area contributed by atoms with E-state index in [0.717, 1.165) is 11.4 Å². The second-order valence-electron chi connectivity index (χ2n) is 5.88. The summed E-state index contributed by atoms with van der Waals surface area (Å²) in [6, 6.07) is 10.5. The quantitative estimate of drug-likeness (QED) is 0.745. The highest BCUT2D eigenvalue weighted by molar-refractivity contribution is 7.09. The third-order valence-corrected chi connectivity index (χ3v) is 4.65. The molecule has 1 heterocycles. The maximum absolute atomic E-state index is 11.8. The molecule has 0 aliphatic rings. The Bertz CT molecular complexity index is 707. The number of carbonyl (C=O) groups excluding carboxylic acids is 1. The number of hydrogen-bond acceptors (Lipinski definition) is 5. The maximum Gasteiger partial charge on any atom is 0.311 e. The summed E-state index contributed by atoms with van der Waals surface area (Å²) in [5, 5.41) is 0. The summed E-state index contributed by atoms with van der Waals surface area (Å²) < 4.78 is 4.99. The fourth-order valence-electron chi connectivity index (χ4n) is 2.44. The van der Waals surface area contributed by atoms with Crippen LogP contribution < -0.4 is 4.87 Å². The van der Waals surface area contributed by atoms with Crippen molar-refractivity contribution in [3.8, 4) is 0 Å². The minimum atomic E-state index is -0.313. The van der Waals surface area contributed by atoms with Crippen molar-refractivity contribution in [1.29, 1.82) is 0 Å². The molecule has 5 nitrogen and oxygen atoms in total. The number of esters is 1. The summed E-state index contributed by atoms with van der Waals surface area (Å²) in [6.45, 7) is 7.80. The Morgan fingerprint density at radius 2 is 1.96 bits per heavy atom. The van der Waals surface area contributed by atoms with E-state index in [-0.39, 0.29) is 17.3 Å². The van der Waals surface area contributed by atoms with Gasteiger partial charge >= 0.3 is 10.8 Å². The Kier molecular flexibility index (Phi) is 6.75. The fraction of sp³-hybridized carbons (Fsp3) is 0.444. The number of aromatic amines is 1. The Hall–Kier alpha value is -1.92. The standard InChI is InChI=1S/C18H24N2O3S/c1-4-23-17(21)10-15-16(24-18(22)19-15)12-20(13(2)3)11-14-8-6-5-7-9-14/h5-9,13H,4,10-12H2,1-3H3,(H,19,22). The van der Waals surface area contributed by atoms with Crippen molar-refractivity contribution in [2.75, 3.05) is 6.61 Å². The molecule has 0 saturated heterocycles. The molecule has 6 heteroatoms. The van der Waals surface area contributed by atoms with Crippen LogP contribution in [0.25, 0.3) is 0 Å². The van der Waals surface area contributed by atoms with Crippen molar-refractivity contribution >= 4 is 17.3 Å². The minimum absolute atomic E-state index is 0.110. The van der Waals surface area contributed by atoms with Gasteiger partial charge in [0.2, 0.25) is 0 Å². The van der Waals surface area contributed by atoms with Crippen molar-refractivity contribution in [2.45, 2.75) is 46.3 Å². The summed E-state index contributed by atoms with van der Waals surface area (Å²) in [7, 11) is 0. The van der Waals surface area contributed by atoms with Crippen LogP contribution in [-0.4, -0.2) is 28.5 Å². The number of carbonyl (C=O) groups is 1. The predicted octanol–water partition coefficient (Wildman–Crippen LogP) is 2.95. The monoisotopic (exact) mass is 348 g/mol. The third kappa shape index (κ3) is 5.32. The Balaban J connectivity index is 2.14. The molecule has 0 amide bonds. The molecule has 0 fully saturated rings. The smallest absolute Gasteiger partial charge is 0.311 e. The van der Waals surface area contributed by atoms with Crippen LogP contribution in [0.4, 0.5) is 0 Å². The number of nitrogens with one attached hydrogen (secondary N) is 1. The van der Waals surface area contributed by atoms with Gasteiger partial charge in [0.25, 0.3) is 0 Å². The van der Waals surface area contributed by atoms with Crippen molar-refractivity contribution < 1.29 is 9.53 Å². The Morgan fingerprint density at radius 3 is 2.58 bits per heavy atom. The first-order chi connectivity index (χ1) is 11.5. The molecule has 0 unspecified atom stereocenters. The van der Waals surface area contributed by atoms with E-state index in [9.17, 15) is 9.59 Å². The number of nitrogens with zero attached hydrogens (tertiary/aromatic N) is 1. The highest BCUT2D eigenvalue weighted by atomic mass is 32.1. The van der Waals surface area contributed by atoms with Crippen molar-refractivity contribution in [1.82, 2.24) is 9.88 Å². The molecule has 0 spiro atoms. The van der Waals surface area contributed by atoms with Gasteiger partial charge in [-0.3, -0.25) is 14.5 Å². The van der Waals surface area contributed by atoms with Crippen molar-refractivity contribution in [3.05, 3.63) is 56.1 Å². The minimum Gasteiger partial charge on any atom is -0.466 e. The van der Waals surface area contributed by atoms with Crippen LogP contribution in [0.3, 0.4) is 0 Å². The van der Waals surface area contributed by atoms with E-state index in [4.69, 9.17) is 4.74 Å². The van der Waals surface area contributed by atoms with Gasteiger partial charge in [0.1, 0.15) is 0 Å². The molecule has 2 aromatic rings. The zero-order valence-electron chi connectivity index (χ0n) is 14.4. The van der Waals surface area contributed by atoms with Crippen LogP contribution in [0.15, 0.2) is 35.1 Å². The number of aromatic nitrogens is 1. The van der Waals surface area contributed by atoms with Gasteiger partial charge in [0.05, 0.1) is 13.0 Å². The molecule has 0 atom stereocenters. The fourth-order valence-corrected chi connectivity index (χ4v) is 3.32. The van der Waals surface area contributed by atoms with Crippen LogP contribution in [0.2, 0.25) is 0 Å². The lowest BCUT2D eigenvalue weighted by molar-refractivity contribution is -0.142. The van der Waals surface area contributed by atoms with Crippen molar-refractivity contribution in [3.63, 3.8) is 0 Å². The van der Waals surface area contributed by atoms with E-state index in [2.05, 4.69) is 35.9 Å². The molecule has 24 heavy (non-hydrogen) atoms. The highest BCUT2D eigenvalue weighted by Gasteiger charge is 2.18. The molecule has 2 rings (SSSR count). The number of H-pyrrole nitrogens is 1. The normalized spacial score (nSPS) is 11.2. The number of thiazole rings is 1. The van der Waals surface area contributed by atoms with E-state index in [1.165, 1.54) is 16.9 Å². The average molecular weight is 348 g/mol. The second-order valence-corrected chi connectivity index (χ2v) is 6.95. The van der Waals surface area contributed by atoms with Gasteiger partial charge in [-0.25, -0.2) is 0 Å². The summed E-state index contributed by atoms with van der Waals surface area (Å²) in [6.07, 6.45) is 0.110. The summed E-state index contributed by atoms with van der Waals surface area (Å²) in [5.41, 5.74) is 1.89. The van der Waals surface area contributed by atoms with Crippen LogP contribution in [0.5, 0.6) is 0 Å². The molecule has 1 aromatic carbocycles. The van der Waals surface area contributed by atoms with Crippen LogP contribution in [0.1, 0.15) is 36.9 Å². The Labute approximate surface area is 146 Å². The molecular formula is C18H24N2O3S. The number of rotatable bonds is 8. The Morgan fingerprint density at radius 1 is 1.25 bits per heavy atom. The van der Waals surface area contributed by atoms with Gasteiger partial charge in [-0.05, 0) is 26.3 Å². The summed E-state index contributed by atoms with van der Waals surface area (Å²) in [5.74, 6) is -0.313. The van der Waals surface area contributed by atoms with Crippen LogP contribution in [-0.2, 0) is 29.0 Å². The average Bonchev–Trinajstić information content (AvgIpc) is 2.87. The molecule has 1 aromatic heterocycles. The third-order valence-electron chi connectivity index (χ3n) is 3.74. The summed E-state index contributed by atoms with van der Waals surface area (Å²) in [4.78, 5) is 29.3. The zero-order valence-corrected chi connectivity index (χ0v) is 15.2. The van der Waals surface area contributed by atoms with Gasteiger partial charge in [-0.15, -0.1) is 0 Å². The SMILES string of the molecule is CCOC(=O)Cc1[nH]c(=O)sc1CN(Cc1ccccc1)C(C)C. The van der Waals surface area contributed by atoms with Gasteiger partial charge in [0.15, 0.2) is 0 Å². The lowest BCUT2D eigenvalue weighted by Crippen LogP contribution is -2.30. The van der Waals surface area contributed by atoms with Gasteiger partial charge < -0.3 is 9.72 Å². The first-order valence-corrected chi connectivity index (χ1v) is 8.95. The largest absolute Gasteiger partial charge is 0.466 e. The molecular weight excluding hydrogens is 324 g/mol. The lowest BCUT2D eigenvalue weighted by Gasteiger charge is -2.26. The van der Waals surface area contributed by atoms with Gasteiger partial charge in [0, 0.05) is 29.7 Å². The first-order valence-electron chi connectivity index (χ1n) is 8.14. The molecule has 0 radical (unpaired) electrons. The van der Waals surface area contributed by atoms with E-state index in [1.807, 2.05) is 18.2 Å². The van der Waals surface area contributed by atoms with E-state index in [1.54, 1.807) is 6.92 Å². The molecule has 0 aliphatic carbocycles. The molecule has 1 N–H and O–H groups in total. The van der Waals surface area contributed by atoms with Gasteiger partial charge in [-0.1, -0.05) is 41.7 Å². The second kappa shape index (κ2) is 8.80. The van der Waals surface area contributed by atoms with Crippen molar-refractivity contribution in [2.24, 2.45) is 0 Å². The topological polar surface area (TPSA) is 62.4 Å². The first kappa shape index (κ1) is 18.4. The maximum atomic E-state index is 11.8. The molecule has 0 saturated carbocycles. The summed E-state index contributed by atoms with van der Waals surface area (Å²) >= 11 is 1.17. The highest BCUT2D eigenvalue weighted by Crippen LogP contribution is 2.18. The number of hydrogen-bond donors (Lipinski definition) is 1. The van der Waals surface area contributed by atoms with Gasteiger partial charge in [-0.2, -0.15) is 0 Å². The molecule has 0 aliphatic heterocycles. The lowest BCUT2D eigenvalue weighted by atomic mass is 10.1. The molecule has 0 bridgehead atoms. The predicted molar refractivity (Wildman–Crippen MR) is 96.1 cm³/mol. The van der Waals surface area contributed by atoms with E-state index < -0.39 is 0 Å². The van der Waals surface area contributed by atoms with Crippen LogP contribution in [0, 0.1) is 0 Å². The van der Waals surface area contributed by atoms with E-state index in [0.29, 0.717) is 24.9 Å². The zero-order chi connectivity index (χ0) is 17.5. The number of ether oxygens (including phenoxy) is 1. The number of benzene rings is 1.